The van der Waals surface area contributed by atoms with Crippen molar-refractivity contribution < 1.29 is 28.6 Å². The highest BCUT2D eigenvalue weighted by Crippen LogP contribution is 2.47. The fourth-order valence-electron chi connectivity index (χ4n) is 4.20. The average molecular weight is 512 g/mol. The van der Waals surface area contributed by atoms with Gasteiger partial charge in [0, 0.05) is 28.3 Å². The number of dihydropyridines is 1. The molecule has 0 fully saturated rings. The third-order valence-electron chi connectivity index (χ3n) is 5.59. The van der Waals surface area contributed by atoms with Crippen molar-refractivity contribution in [2.75, 3.05) is 20.3 Å². The third-order valence-corrected chi connectivity index (χ3v) is 6.21. The van der Waals surface area contributed by atoms with Gasteiger partial charge in [0.05, 0.1) is 29.5 Å². The van der Waals surface area contributed by atoms with Crippen LogP contribution in [-0.4, -0.2) is 38.0 Å². The Kier molecular flexibility index (Phi) is 6.37. The van der Waals surface area contributed by atoms with E-state index < -0.39 is 17.9 Å². The monoisotopic (exact) mass is 511 g/mol. The van der Waals surface area contributed by atoms with Gasteiger partial charge in [-0.2, -0.15) is 0 Å². The minimum absolute atomic E-state index is 0.134. The zero-order valence-corrected chi connectivity index (χ0v) is 19.9. The molecule has 1 atom stereocenters. The Bertz CT molecular complexity index is 1230. The van der Waals surface area contributed by atoms with Crippen molar-refractivity contribution >= 4 is 39.3 Å². The van der Waals surface area contributed by atoms with E-state index in [2.05, 4.69) is 21.2 Å². The summed E-state index contributed by atoms with van der Waals surface area (Å²) in [6.07, 6.45) is 0. The van der Waals surface area contributed by atoms with Crippen LogP contribution in [0.3, 0.4) is 0 Å². The van der Waals surface area contributed by atoms with Crippen LogP contribution in [0.25, 0.3) is 5.70 Å². The summed E-state index contributed by atoms with van der Waals surface area (Å²) in [5, 5.41) is 3.25. The van der Waals surface area contributed by atoms with Crippen molar-refractivity contribution in [2.24, 2.45) is 0 Å². The summed E-state index contributed by atoms with van der Waals surface area (Å²) in [4.78, 5) is 37.8. The van der Waals surface area contributed by atoms with Crippen LogP contribution in [-0.2, 0) is 19.1 Å². The van der Waals surface area contributed by atoms with Crippen molar-refractivity contribution in [3.8, 4) is 5.75 Å². The number of carbonyl (C=O) groups excluding carboxylic acids is 3. The van der Waals surface area contributed by atoms with Gasteiger partial charge in [-0.05, 0) is 47.5 Å². The molecular weight excluding hydrogens is 490 g/mol. The number of nitrogens with one attached hydrogen (secondary N) is 1. The number of esters is 2. The second-order valence-electron chi connectivity index (χ2n) is 7.54. The van der Waals surface area contributed by atoms with E-state index in [1.807, 2.05) is 18.2 Å². The van der Waals surface area contributed by atoms with E-state index in [1.54, 1.807) is 38.1 Å². The molecule has 7 nitrogen and oxygen atoms in total. The number of methoxy groups -OCH3 is 1. The number of Topliss-reactive ketones (excluding diaryl/α,β-unsaturated/α-hetero) is 1. The predicted molar refractivity (Wildman–Crippen MR) is 125 cm³/mol. The lowest BCUT2D eigenvalue weighted by molar-refractivity contribution is -0.145. The number of allylic oxidation sites excluding steroid dienone is 2. The van der Waals surface area contributed by atoms with Crippen LogP contribution in [0.2, 0.25) is 0 Å². The molecule has 170 valence electrons. The number of hydrogen-bond donors (Lipinski definition) is 1. The molecule has 2 aromatic carbocycles. The quantitative estimate of drug-likeness (QED) is 0.582. The lowest BCUT2D eigenvalue weighted by Gasteiger charge is -2.29. The maximum atomic E-state index is 13.4. The summed E-state index contributed by atoms with van der Waals surface area (Å²) >= 11 is 3.48. The zero-order chi connectivity index (χ0) is 23.7. The van der Waals surface area contributed by atoms with Gasteiger partial charge >= 0.3 is 11.9 Å². The molecule has 4 rings (SSSR count). The first-order valence-electron chi connectivity index (χ1n) is 10.4. The molecule has 33 heavy (non-hydrogen) atoms. The second kappa shape index (κ2) is 9.23. The lowest BCUT2D eigenvalue weighted by atomic mass is 9.80. The summed E-state index contributed by atoms with van der Waals surface area (Å²) in [6.45, 7) is 3.56. The molecule has 0 aromatic heterocycles. The van der Waals surface area contributed by atoms with Crippen molar-refractivity contribution in [2.45, 2.75) is 19.8 Å². The van der Waals surface area contributed by atoms with Gasteiger partial charge in [-0.3, -0.25) is 4.79 Å². The number of ketones is 1. The Morgan fingerprint density at radius 1 is 1.12 bits per heavy atom. The van der Waals surface area contributed by atoms with Gasteiger partial charge in [0.15, 0.2) is 12.4 Å². The molecule has 2 aromatic rings. The van der Waals surface area contributed by atoms with Crippen LogP contribution in [0.1, 0.15) is 41.3 Å². The fourth-order valence-corrected chi connectivity index (χ4v) is 4.71. The van der Waals surface area contributed by atoms with Crippen LogP contribution in [0.15, 0.2) is 63.8 Å². The summed E-state index contributed by atoms with van der Waals surface area (Å²) in [5.41, 5.74) is 4.28. The topological polar surface area (TPSA) is 90.9 Å². The molecule has 0 bridgehead atoms. The number of halogens is 1. The molecule has 0 saturated carbocycles. The van der Waals surface area contributed by atoms with E-state index >= 15 is 0 Å². The van der Waals surface area contributed by atoms with E-state index in [1.165, 1.54) is 7.11 Å². The number of carbonyl (C=O) groups is 3. The molecule has 8 heteroatoms. The smallest absolute Gasteiger partial charge is 0.344 e. The van der Waals surface area contributed by atoms with Crippen LogP contribution < -0.4 is 10.1 Å². The molecule has 1 aliphatic heterocycles. The van der Waals surface area contributed by atoms with E-state index in [0.29, 0.717) is 43.9 Å². The standard InChI is InChI=1S/C25H22BrNO6/c1-4-32-19(28)12-33-18-10-9-14(11-17(18)26)21-20(25(30)31-3)13(2)27-23-15-7-5-6-8-16(15)24(29)22(21)23/h5-11,21,27H,4,12H2,1-3H3/t21-/m0/s1. The van der Waals surface area contributed by atoms with Crippen molar-refractivity contribution in [3.63, 3.8) is 0 Å². The van der Waals surface area contributed by atoms with E-state index in [-0.39, 0.29) is 19.0 Å². The number of hydrogen-bond acceptors (Lipinski definition) is 7. The number of fused-ring (bicyclic) bond motifs is 2. The molecule has 0 saturated heterocycles. The molecule has 0 amide bonds. The largest absolute Gasteiger partial charge is 0.481 e. The summed E-state index contributed by atoms with van der Waals surface area (Å²) < 4.78 is 16.1. The van der Waals surface area contributed by atoms with Gasteiger partial charge in [0.1, 0.15) is 5.75 Å². The van der Waals surface area contributed by atoms with Crippen LogP contribution >= 0.6 is 15.9 Å². The first-order chi connectivity index (χ1) is 15.9. The molecular formula is C25H22BrNO6. The van der Waals surface area contributed by atoms with Crippen molar-refractivity contribution in [3.05, 3.63) is 80.5 Å². The Balaban J connectivity index is 1.77. The SMILES string of the molecule is CCOC(=O)COc1ccc([C@H]2C(C(=O)OC)=C(C)NC3=C2C(=O)c2ccccc23)cc1Br. The highest BCUT2D eigenvalue weighted by molar-refractivity contribution is 9.10. The van der Waals surface area contributed by atoms with Crippen LogP contribution in [0.5, 0.6) is 5.75 Å². The normalized spacial score (nSPS) is 16.7. The molecule has 2 aliphatic rings. The zero-order valence-electron chi connectivity index (χ0n) is 18.4. The van der Waals surface area contributed by atoms with Gasteiger partial charge in [-0.15, -0.1) is 0 Å². The first-order valence-corrected chi connectivity index (χ1v) is 11.2. The molecule has 0 spiro atoms. The molecule has 1 N–H and O–H groups in total. The Labute approximate surface area is 199 Å². The highest BCUT2D eigenvalue weighted by atomic mass is 79.9. The predicted octanol–water partition coefficient (Wildman–Crippen LogP) is 4.13. The highest BCUT2D eigenvalue weighted by Gasteiger charge is 2.42. The minimum atomic E-state index is -0.635. The molecule has 0 unspecified atom stereocenters. The second-order valence-corrected chi connectivity index (χ2v) is 8.39. The molecule has 1 aliphatic carbocycles. The van der Waals surface area contributed by atoms with Crippen LogP contribution in [0, 0.1) is 0 Å². The Morgan fingerprint density at radius 3 is 2.52 bits per heavy atom. The third kappa shape index (κ3) is 4.06. The maximum Gasteiger partial charge on any atom is 0.344 e. The van der Waals surface area contributed by atoms with Gasteiger partial charge in [0.2, 0.25) is 0 Å². The minimum Gasteiger partial charge on any atom is -0.481 e. The van der Waals surface area contributed by atoms with E-state index in [9.17, 15) is 14.4 Å². The van der Waals surface area contributed by atoms with Gasteiger partial charge in [-0.25, -0.2) is 9.59 Å². The number of rotatable bonds is 6. The average Bonchev–Trinajstić information content (AvgIpc) is 3.09. The van der Waals surface area contributed by atoms with Crippen molar-refractivity contribution in [1.29, 1.82) is 0 Å². The summed E-state index contributed by atoms with van der Waals surface area (Å²) in [7, 11) is 1.32. The first kappa shape index (κ1) is 22.8. The fraction of sp³-hybridized carbons (Fsp3) is 0.240. The molecule has 0 radical (unpaired) electrons. The summed E-state index contributed by atoms with van der Waals surface area (Å²) in [6, 6.07) is 12.6. The number of benzene rings is 2. The van der Waals surface area contributed by atoms with Crippen LogP contribution in [0.4, 0.5) is 0 Å². The lowest BCUT2D eigenvalue weighted by Crippen LogP contribution is -2.29. The molecule has 1 heterocycles. The van der Waals surface area contributed by atoms with Gasteiger partial charge in [-0.1, -0.05) is 30.3 Å². The number of ether oxygens (including phenoxy) is 3. The van der Waals surface area contributed by atoms with E-state index in [0.717, 1.165) is 5.56 Å². The van der Waals surface area contributed by atoms with Gasteiger partial charge < -0.3 is 19.5 Å². The summed E-state index contributed by atoms with van der Waals surface area (Å²) in [5.74, 6) is -1.31. The van der Waals surface area contributed by atoms with Crippen molar-refractivity contribution in [1.82, 2.24) is 5.32 Å². The Morgan fingerprint density at radius 2 is 1.85 bits per heavy atom. The maximum absolute atomic E-state index is 13.4. The van der Waals surface area contributed by atoms with E-state index in [4.69, 9.17) is 14.2 Å². The van der Waals surface area contributed by atoms with Gasteiger partial charge in [0.25, 0.3) is 0 Å². The Hall–Kier alpha value is -3.39.